The van der Waals surface area contributed by atoms with Gasteiger partial charge in [0.25, 0.3) is 0 Å². The Kier molecular flexibility index (Phi) is 8.21. The van der Waals surface area contributed by atoms with Crippen LogP contribution in [0.3, 0.4) is 0 Å². The molecule has 2 fully saturated rings. The smallest absolute Gasteiger partial charge is 0.243 e. The summed E-state index contributed by atoms with van der Waals surface area (Å²) in [7, 11) is -5.89. The van der Waals surface area contributed by atoms with Crippen LogP contribution < -0.4 is 14.8 Å². The second kappa shape index (κ2) is 11.4. The molecule has 14 heteroatoms. The molecular weight excluding hydrogens is 558 g/mol. The van der Waals surface area contributed by atoms with E-state index in [1.165, 1.54) is 23.5 Å². The summed E-state index contributed by atoms with van der Waals surface area (Å²) in [6, 6.07) is 11.1. The van der Waals surface area contributed by atoms with Crippen LogP contribution in [0.25, 0.3) is 11.0 Å². The normalized spacial score (nSPS) is 20.7. The number of rotatable bonds is 10. The number of imidazole rings is 1. The molecule has 2 atom stereocenters. The Bertz CT molecular complexity index is 1570. The number of piperidine rings is 1. The van der Waals surface area contributed by atoms with Gasteiger partial charge < -0.3 is 24.9 Å². The van der Waals surface area contributed by atoms with E-state index < -0.39 is 31.8 Å². The number of aliphatic hydroxyl groups is 1. The fraction of sp³-hybridized carbons (Fsp3) is 0.500. The standard InChI is InChI=1S/C26H35N5O7S2/c1-18-29-24-7-6-23(13-25(24)30-18)40(35,36)31-10-8-26(9-11-31)14-19(16-38-26)28-15-20(32)17-37-21-4-3-5-22(12-21)39(33,34)27-2/h3-7,12-13,19-20,27-28,32H,8-11,14-17H2,1-2H3,(H,29,30)/t19?,20-/m0/s1. The number of aromatic nitrogens is 2. The number of hydrogen-bond donors (Lipinski definition) is 4. The summed E-state index contributed by atoms with van der Waals surface area (Å²) in [5.74, 6) is 1.08. The Morgan fingerprint density at radius 2 is 1.95 bits per heavy atom. The summed E-state index contributed by atoms with van der Waals surface area (Å²) in [5, 5.41) is 13.7. The van der Waals surface area contributed by atoms with Crippen LogP contribution in [0.15, 0.2) is 52.3 Å². The Morgan fingerprint density at radius 1 is 1.18 bits per heavy atom. The Labute approximate surface area is 234 Å². The van der Waals surface area contributed by atoms with E-state index in [4.69, 9.17) is 9.47 Å². The van der Waals surface area contributed by atoms with Crippen molar-refractivity contribution in [3.63, 3.8) is 0 Å². The Hall–Kier alpha value is -2.59. The summed E-state index contributed by atoms with van der Waals surface area (Å²) in [4.78, 5) is 7.76. The van der Waals surface area contributed by atoms with E-state index >= 15 is 0 Å². The van der Waals surface area contributed by atoms with Gasteiger partial charge in [0.1, 0.15) is 24.3 Å². The number of aliphatic hydroxyl groups excluding tert-OH is 1. The van der Waals surface area contributed by atoms with Gasteiger partial charge in [0, 0.05) is 31.7 Å². The molecule has 0 bridgehead atoms. The minimum absolute atomic E-state index is 0.00843. The van der Waals surface area contributed by atoms with Gasteiger partial charge >= 0.3 is 0 Å². The highest BCUT2D eigenvalue weighted by Crippen LogP contribution is 2.37. The van der Waals surface area contributed by atoms with Crippen LogP contribution >= 0.6 is 0 Å². The average Bonchev–Trinajstić information content (AvgIpc) is 3.52. The summed E-state index contributed by atoms with van der Waals surface area (Å²) >= 11 is 0. The first-order valence-electron chi connectivity index (χ1n) is 13.2. The molecule has 1 aromatic heterocycles. The maximum Gasteiger partial charge on any atom is 0.243 e. The van der Waals surface area contributed by atoms with Gasteiger partial charge in [-0.2, -0.15) is 4.31 Å². The number of hydrogen-bond acceptors (Lipinski definition) is 9. The molecular formula is C26H35N5O7S2. The summed E-state index contributed by atoms with van der Waals surface area (Å²) in [6.45, 7) is 3.31. The number of ether oxygens (including phenoxy) is 2. The third-order valence-electron chi connectivity index (χ3n) is 7.52. The van der Waals surface area contributed by atoms with Gasteiger partial charge in [-0.3, -0.25) is 0 Å². The van der Waals surface area contributed by atoms with Crippen LogP contribution in [0.1, 0.15) is 25.1 Å². The number of benzene rings is 2. The van der Waals surface area contributed by atoms with Gasteiger partial charge in [-0.15, -0.1) is 0 Å². The highest BCUT2D eigenvalue weighted by Gasteiger charge is 2.44. The van der Waals surface area contributed by atoms with E-state index in [1.807, 2.05) is 6.92 Å². The van der Waals surface area contributed by atoms with Crippen LogP contribution in [0.4, 0.5) is 0 Å². The molecule has 2 aromatic carbocycles. The van der Waals surface area contributed by atoms with Gasteiger partial charge in [0.15, 0.2) is 0 Å². The minimum atomic E-state index is -3.64. The molecule has 2 saturated heterocycles. The van der Waals surface area contributed by atoms with Crippen molar-refractivity contribution in [2.24, 2.45) is 0 Å². The fourth-order valence-electron chi connectivity index (χ4n) is 5.29. The molecule has 1 unspecified atom stereocenters. The summed E-state index contributed by atoms with van der Waals surface area (Å²) in [5.41, 5.74) is 1.04. The van der Waals surface area contributed by atoms with Crippen molar-refractivity contribution >= 4 is 31.1 Å². The molecule has 4 N–H and O–H groups in total. The average molecular weight is 594 g/mol. The number of nitrogens with zero attached hydrogens (tertiary/aromatic N) is 2. The van der Waals surface area contributed by atoms with E-state index in [0.29, 0.717) is 43.8 Å². The van der Waals surface area contributed by atoms with Gasteiger partial charge in [0.05, 0.1) is 33.0 Å². The zero-order valence-corrected chi connectivity index (χ0v) is 24.1. The number of fused-ring (bicyclic) bond motifs is 1. The first-order chi connectivity index (χ1) is 19.0. The molecule has 40 heavy (non-hydrogen) atoms. The maximum atomic E-state index is 13.3. The second-order valence-electron chi connectivity index (χ2n) is 10.4. The van der Waals surface area contributed by atoms with Gasteiger partial charge in [0.2, 0.25) is 20.0 Å². The van der Waals surface area contributed by atoms with Gasteiger partial charge in [-0.1, -0.05) is 6.07 Å². The van der Waals surface area contributed by atoms with E-state index in [-0.39, 0.29) is 29.0 Å². The number of aryl methyl sites for hydroxylation is 1. The lowest BCUT2D eigenvalue weighted by molar-refractivity contribution is -0.0312. The molecule has 5 rings (SSSR count). The van der Waals surface area contributed by atoms with Crippen LogP contribution in [0.2, 0.25) is 0 Å². The molecule has 3 heterocycles. The SMILES string of the molecule is CNS(=O)(=O)c1cccc(OC[C@@H](O)CNC2COC3(CCN(S(=O)(=O)c4ccc5nc(C)[nH]c5c4)CC3)C2)c1. The van der Waals surface area contributed by atoms with E-state index in [0.717, 1.165) is 17.8 Å². The molecule has 0 saturated carbocycles. The van der Waals surface area contributed by atoms with Crippen molar-refractivity contribution in [1.29, 1.82) is 0 Å². The van der Waals surface area contributed by atoms with Gasteiger partial charge in [-0.05, 0) is 63.6 Å². The molecule has 0 aliphatic carbocycles. The number of sulfonamides is 2. The Morgan fingerprint density at radius 3 is 2.70 bits per heavy atom. The lowest BCUT2D eigenvalue weighted by Crippen LogP contribution is -2.47. The predicted octanol–water partition coefficient (Wildman–Crippen LogP) is 1.12. The van der Waals surface area contributed by atoms with Crippen molar-refractivity contribution in [3.8, 4) is 5.75 Å². The highest BCUT2D eigenvalue weighted by molar-refractivity contribution is 7.89. The van der Waals surface area contributed by atoms with Crippen molar-refractivity contribution in [1.82, 2.24) is 24.3 Å². The van der Waals surface area contributed by atoms with Crippen LogP contribution in [-0.2, 0) is 24.8 Å². The molecule has 2 aliphatic rings. The molecule has 0 radical (unpaired) electrons. The van der Waals surface area contributed by atoms with Crippen LogP contribution in [0, 0.1) is 6.92 Å². The Balaban J connectivity index is 1.09. The third kappa shape index (κ3) is 6.17. The minimum Gasteiger partial charge on any atom is -0.491 e. The monoisotopic (exact) mass is 593 g/mol. The predicted molar refractivity (Wildman–Crippen MR) is 148 cm³/mol. The van der Waals surface area contributed by atoms with Crippen LogP contribution in [0.5, 0.6) is 5.75 Å². The molecule has 12 nitrogen and oxygen atoms in total. The lowest BCUT2D eigenvalue weighted by Gasteiger charge is -2.38. The fourth-order valence-corrected chi connectivity index (χ4v) is 7.52. The van der Waals surface area contributed by atoms with Crippen molar-refractivity contribution in [2.75, 3.05) is 39.9 Å². The topological polar surface area (TPSA) is 163 Å². The van der Waals surface area contributed by atoms with Crippen molar-refractivity contribution < 1.29 is 31.4 Å². The zero-order valence-electron chi connectivity index (χ0n) is 22.5. The van der Waals surface area contributed by atoms with Crippen molar-refractivity contribution in [3.05, 3.63) is 48.3 Å². The second-order valence-corrected chi connectivity index (χ2v) is 14.2. The van der Waals surface area contributed by atoms with E-state index in [9.17, 15) is 21.9 Å². The lowest BCUT2D eigenvalue weighted by atomic mass is 9.88. The first kappa shape index (κ1) is 28.9. The molecule has 2 aliphatic heterocycles. The maximum absolute atomic E-state index is 13.3. The van der Waals surface area contributed by atoms with E-state index in [1.54, 1.807) is 30.3 Å². The quantitative estimate of drug-likeness (QED) is 0.270. The molecule has 1 spiro atoms. The van der Waals surface area contributed by atoms with Crippen LogP contribution in [-0.4, -0.2) is 93.9 Å². The zero-order chi connectivity index (χ0) is 28.5. The van der Waals surface area contributed by atoms with Gasteiger partial charge in [-0.25, -0.2) is 26.5 Å². The largest absolute Gasteiger partial charge is 0.491 e. The highest BCUT2D eigenvalue weighted by atomic mass is 32.2. The molecule has 218 valence electrons. The van der Waals surface area contributed by atoms with E-state index in [2.05, 4.69) is 20.0 Å². The summed E-state index contributed by atoms with van der Waals surface area (Å²) < 4.78 is 66.1. The number of aromatic amines is 1. The van der Waals surface area contributed by atoms with Crippen molar-refractivity contribution in [2.45, 2.75) is 53.7 Å². The molecule has 0 amide bonds. The third-order valence-corrected chi connectivity index (χ3v) is 10.8. The number of H-pyrrole nitrogens is 1. The molecule has 3 aromatic rings. The summed E-state index contributed by atoms with van der Waals surface area (Å²) in [6.07, 6.45) is 1.09. The first-order valence-corrected chi connectivity index (χ1v) is 16.1. The number of nitrogens with one attached hydrogen (secondary N) is 3.